The van der Waals surface area contributed by atoms with Gasteiger partial charge >= 0.3 is 5.97 Å². The van der Waals surface area contributed by atoms with Gasteiger partial charge in [0.1, 0.15) is 12.3 Å². The predicted octanol–water partition coefficient (Wildman–Crippen LogP) is -0.552. The Balaban J connectivity index is 4.36. The molecule has 126 valence electrons. The first-order valence-electron chi connectivity index (χ1n) is 7.16. The molecule has 0 aromatic heterocycles. The molecular weight excluding hydrogens is 292 g/mol. The molecule has 8 heteroatoms. The molecule has 0 aromatic carbocycles. The molecule has 0 fully saturated rings. The molecule has 0 saturated carbocycles. The SMILES string of the molecule is C[C@@H](CCO)CC(=O)N[C@@H](C)C(=O)N[C@H](CC=O)CC(=O)O. The number of carbonyl (C=O) groups excluding carboxylic acids is 3. The lowest BCUT2D eigenvalue weighted by Crippen LogP contribution is -2.48. The molecule has 0 bridgehead atoms. The van der Waals surface area contributed by atoms with E-state index in [0.717, 1.165) is 0 Å². The monoisotopic (exact) mass is 316 g/mol. The summed E-state index contributed by atoms with van der Waals surface area (Å²) in [5, 5.41) is 22.4. The van der Waals surface area contributed by atoms with Gasteiger partial charge in [0, 0.05) is 25.5 Å². The molecule has 22 heavy (non-hydrogen) atoms. The number of carbonyl (C=O) groups is 4. The lowest BCUT2D eigenvalue weighted by molar-refractivity contribution is -0.138. The van der Waals surface area contributed by atoms with Crippen molar-refractivity contribution in [3.8, 4) is 0 Å². The maximum atomic E-state index is 11.9. The summed E-state index contributed by atoms with van der Waals surface area (Å²) >= 11 is 0. The van der Waals surface area contributed by atoms with Gasteiger partial charge in [0.25, 0.3) is 0 Å². The second kappa shape index (κ2) is 10.7. The molecule has 0 aliphatic heterocycles. The minimum atomic E-state index is -1.12. The van der Waals surface area contributed by atoms with Gasteiger partial charge in [-0.1, -0.05) is 6.92 Å². The van der Waals surface area contributed by atoms with E-state index in [2.05, 4.69) is 10.6 Å². The van der Waals surface area contributed by atoms with Gasteiger partial charge in [0.05, 0.1) is 6.42 Å². The fraction of sp³-hybridized carbons (Fsp3) is 0.714. The average Bonchev–Trinajstić information content (AvgIpc) is 2.37. The highest BCUT2D eigenvalue weighted by atomic mass is 16.4. The number of rotatable bonds is 11. The summed E-state index contributed by atoms with van der Waals surface area (Å²) in [5.41, 5.74) is 0. The number of hydrogen-bond donors (Lipinski definition) is 4. The van der Waals surface area contributed by atoms with Crippen LogP contribution in [0.5, 0.6) is 0 Å². The first-order chi connectivity index (χ1) is 10.3. The Morgan fingerprint density at radius 1 is 1.14 bits per heavy atom. The fourth-order valence-corrected chi connectivity index (χ4v) is 1.85. The van der Waals surface area contributed by atoms with Crippen LogP contribution in [0, 0.1) is 5.92 Å². The summed E-state index contributed by atoms with van der Waals surface area (Å²) in [7, 11) is 0. The van der Waals surface area contributed by atoms with E-state index in [9.17, 15) is 19.2 Å². The number of nitrogens with one attached hydrogen (secondary N) is 2. The molecule has 4 N–H and O–H groups in total. The van der Waals surface area contributed by atoms with Crippen LogP contribution in [0.15, 0.2) is 0 Å². The van der Waals surface area contributed by atoms with Gasteiger partial charge in [0.15, 0.2) is 0 Å². The molecule has 0 aliphatic carbocycles. The molecule has 0 radical (unpaired) electrons. The van der Waals surface area contributed by atoms with Crippen LogP contribution in [0.2, 0.25) is 0 Å². The second-order valence-electron chi connectivity index (χ2n) is 5.32. The summed E-state index contributed by atoms with van der Waals surface area (Å²) in [6, 6.07) is -1.63. The standard InChI is InChI=1S/C14H24N2O6/c1-9(3-5-17)7-12(19)15-10(2)14(22)16-11(4-6-18)8-13(20)21/h6,9-11,17H,3-5,7-8H2,1-2H3,(H,15,19)(H,16,22)(H,20,21)/t9-,10-,11+/m0/s1. The van der Waals surface area contributed by atoms with E-state index in [1.807, 2.05) is 6.92 Å². The molecule has 2 amide bonds. The molecule has 0 aromatic rings. The maximum Gasteiger partial charge on any atom is 0.305 e. The van der Waals surface area contributed by atoms with E-state index in [0.29, 0.717) is 12.7 Å². The minimum absolute atomic E-state index is 0.00455. The highest BCUT2D eigenvalue weighted by molar-refractivity contribution is 5.87. The van der Waals surface area contributed by atoms with Gasteiger partial charge < -0.3 is 25.6 Å². The molecular formula is C14H24N2O6. The van der Waals surface area contributed by atoms with Crippen LogP contribution in [0.3, 0.4) is 0 Å². The van der Waals surface area contributed by atoms with E-state index in [-0.39, 0.29) is 37.7 Å². The quantitative estimate of drug-likeness (QED) is 0.378. The van der Waals surface area contributed by atoms with Crippen molar-refractivity contribution in [2.45, 2.75) is 51.6 Å². The van der Waals surface area contributed by atoms with E-state index < -0.39 is 24.0 Å². The van der Waals surface area contributed by atoms with Crippen molar-refractivity contribution in [2.75, 3.05) is 6.61 Å². The van der Waals surface area contributed by atoms with Gasteiger partial charge in [-0.15, -0.1) is 0 Å². The van der Waals surface area contributed by atoms with Crippen LogP contribution in [0.1, 0.15) is 39.5 Å². The molecule has 0 spiro atoms. The molecule has 0 aliphatic rings. The molecule has 0 unspecified atom stereocenters. The first kappa shape index (κ1) is 20.0. The summed E-state index contributed by atoms with van der Waals surface area (Å²) < 4.78 is 0. The fourth-order valence-electron chi connectivity index (χ4n) is 1.85. The number of aliphatic carboxylic acids is 1. The molecule has 0 saturated heterocycles. The van der Waals surface area contributed by atoms with Crippen molar-refractivity contribution >= 4 is 24.1 Å². The predicted molar refractivity (Wildman–Crippen MR) is 78.0 cm³/mol. The number of aldehydes is 1. The number of amides is 2. The Bertz CT molecular complexity index is 399. The van der Waals surface area contributed by atoms with E-state index in [4.69, 9.17) is 10.2 Å². The number of aliphatic hydroxyl groups is 1. The smallest absolute Gasteiger partial charge is 0.305 e. The van der Waals surface area contributed by atoms with Crippen LogP contribution in [-0.2, 0) is 19.2 Å². The third-order valence-electron chi connectivity index (χ3n) is 3.07. The van der Waals surface area contributed by atoms with Crippen molar-refractivity contribution in [2.24, 2.45) is 5.92 Å². The lowest BCUT2D eigenvalue weighted by atomic mass is 10.0. The number of carboxylic acid groups (broad SMARTS) is 1. The summed E-state index contributed by atoms with van der Waals surface area (Å²) in [6.45, 7) is 3.28. The molecule has 3 atom stereocenters. The van der Waals surface area contributed by atoms with E-state index >= 15 is 0 Å². The Kier molecular flexibility index (Phi) is 9.77. The zero-order valence-electron chi connectivity index (χ0n) is 12.9. The zero-order chi connectivity index (χ0) is 17.1. The van der Waals surface area contributed by atoms with Crippen molar-refractivity contribution in [1.29, 1.82) is 0 Å². The van der Waals surface area contributed by atoms with Crippen LogP contribution < -0.4 is 10.6 Å². The highest BCUT2D eigenvalue weighted by Crippen LogP contribution is 2.06. The van der Waals surface area contributed by atoms with Crippen LogP contribution in [0.25, 0.3) is 0 Å². The van der Waals surface area contributed by atoms with Gasteiger partial charge in [-0.3, -0.25) is 14.4 Å². The van der Waals surface area contributed by atoms with Gasteiger partial charge in [-0.25, -0.2) is 0 Å². The second-order valence-corrected chi connectivity index (χ2v) is 5.32. The van der Waals surface area contributed by atoms with Crippen LogP contribution in [0.4, 0.5) is 0 Å². The zero-order valence-corrected chi connectivity index (χ0v) is 12.9. The average molecular weight is 316 g/mol. The van der Waals surface area contributed by atoms with Gasteiger partial charge in [-0.05, 0) is 19.3 Å². The molecule has 0 heterocycles. The van der Waals surface area contributed by atoms with Gasteiger partial charge in [0.2, 0.25) is 11.8 Å². The highest BCUT2D eigenvalue weighted by Gasteiger charge is 2.21. The number of hydrogen-bond acceptors (Lipinski definition) is 5. The van der Waals surface area contributed by atoms with E-state index in [1.54, 1.807) is 0 Å². The Morgan fingerprint density at radius 3 is 2.27 bits per heavy atom. The molecule has 8 nitrogen and oxygen atoms in total. The third kappa shape index (κ3) is 9.06. The van der Waals surface area contributed by atoms with Crippen LogP contribution >= 0.6 is 0 Å². The minimum Gasteiger partial charge on any atom is -0.481 e. The van der Waals surface area contributed by atoms with Crippen molar-refractivity contribution < 1.29 is 29.4 Å². The number of aliphatic hydroxyl groups excluding tert-OH is 1. The summed E-state index contributed by atoms with van der Waals surface area (Å²) in [6.07, 6.45) is 0.748. The lowest BCUT2D eigenvalue weighted by Gasteiger charge is -2.19. The Morgan fingerprint density at radius 2 is 1.77 bits per heavy atom. The topological polar surface area (TPSA) is 133 Å². The van der Waals surface area contributed by atoms with Crippen molar-refractivity contribution in [1.82, 2.24) is 10.6 Å². The van der Waals surface area contributed by atoms with Crippen LogP contribution in [-0.4, -0.2) is 53.0 Å². The molecule has 0 rings (SSSR count). The maximum absolute atomic E-state index is 11.9. The Hall–Kier alpha value is -1.96. The first-order valence-corrected chi connectivity index (χ1v) is 7.16. The van der Waals surface area contributed by atoms with Gasteiger partial charge in [-0.2, -0.15) is 0 Å². The largest absolute Gasteiger partial charge is 0.481 e. The summed E-state index contributed by atoms with van der Waals surface area (Å²) in [5.74, 6) is -2.00. The van der Waals surface area contributed by atoms with E-state index in [1.165, 1.54) is 6.92 Å². The van der Waals surface area contributed by atoms with Crippen molar-refractivity contribution in [3.05, 3.63) is 0 Å². The Labute approximate surface area is 129 Å². The normalized spacial score (nSPS) is 14.5. The van der Waals surface area contributed by atoms with Crippen molar-refractivity contribution in [3.63, 3.8) is 0 Å². The number of carboxylic acids is 1. The summed E-state index contributed by atoms with van der Waals surface area (Å²) in [4.78, 5) is 44.7. The third-order valence-corrected chi connectivity index (χ3v) is 3.07.